The number of hydrogen-bond donors (Lipinski definition) is 1. The summed E-state index contributed by atoms with van der Waals surface area (Å²) in [5.41, 5.74) is 7.61. The van der Waals surface area contributed by atoms with Crippen LogP contribution in [0.25, 0.3) is 0 Å². The normalized spacial score (nSPS) is 20.3. The molecule has 96 valence electrons. The molecular formula is C13H20ClFN2. The van der Waals surface area contributed by atoms with Crippen molar-refractivity contribution in [3.05, 3.63) is 35.1 Å². The van der Waals surface area contributed by atoms with Crippen LogP contribution in [0.15, 0.2) is 18.2 Å². The monoisotopic (exact) mass is 258 g/mol. The summed E-state index contributed by atoms with van der Waals surface area (Å²) in [7, 11) is 0. The van der Waals surface area contributed by atoms with E-state index in [4.69, 9.17) is 5.73 Å². The molecule has 0 bridgehead atoms. The van der Waals surface area contributed by atoms with Crippen molar-refractivity contribution in [2.24, 2.45) is 5.73 Å². The Kier molecular flexibility index (Phi) is 5.37. The van der Waals surface area contributed by atoms with E-state index < -0.39 is 0 Å². The van der Waals surface area contributed by atoms with Gasteiger partial charge in [0.1, 0.15) is 5.82 Å². The number of hydrogen-bond acceptors (Lipinski definition) is 2. The van der Waals surface area contributed by atoms with Gasteiger partial charge in [0.25, 0.3) is 0 Å². The SMILES string of the molecule is Cc1ccc(F)c(CN2CCCC2CN)c1.Cl. The number of halogens is 2. The van der Waals surface area contributed by atoms with Gasteiger partial charge in [-0.25, -0.2) is 4.39 Å². The van der Waals surface area contributed by atoms with Gasteiger partial charge in [0.05, 0.1) is 0 Å². The van der Waals surface area contributed by atoms with Gasteiger partial charge in [-0.05, 0) is 32.4 Å². The third kappa shape index (κ3) is 3.41. The maximum Gasteiger partial charge on any atom is 0.127 e. The van der Waals surface area contributed by atoms with E-state index >= 15 is 0 Å². The summed E-state index contributed by atoms with van der Waals surface area (Å²) >= 11 is 0. The van der Waals surface area contributed by atoms with Crippen molar-refractivity contribution in [1.29, 1.82) is 0 Å². The van der Waals surface area contributed by atoms with Crippen LogP contribution in [0.4, 0.5) is 4.39 Å². The van der Waals surface area contributed by atoms with Gasteiger partial charge in [0.15, 0.2) is 0 Å². The summed E-state index contributed by atoms with van der Waals surface area (Å²) in [6.07, 6.45) is 2.32. The minimum Gasteiger partial charge on any atom is -0.329 e. The van der Waals surface area contributed by atoms with Gasteiger partial charge >= 0.3 is 0 Å². The second kappa shape index (κ2) is 6.34. The van der Waals surface area contributed by atoms with E-state index in [1.54, 1.807) is 6.07 Å². The molecule has 1 fully saturated rings. The summed E-state index contributed by atoms with van der Waals surface area (Å²) in [6.45, 7) is 4.39. The van der Waals surface area contributed by atoms with Gasteiger partial charge in [-0.2, -0.15) is 0 Å². The minimum atomic E-state index is -0.103. The molecule has 1 aliphatic rings. The first-order chi connectivity index (χ1) is 7.70. The van der Waals surface area contributed by atoms with E-state index in [-0.39, 0.29) is 18.2 Å². The number of benzene rings is 1. The lowest BCUT2D eigenvalue weighted by Crippen LogP contribution is -2.35. The molecule has 1 aliphatic heterocycles. The van der Waals surface area contributed by atoms with Gasteiger partial charge in [-0.3, -0.25) is 4.90 Å². The molecule has 1 aromatic rings. The molecule has 2 nitrogen and oxygen atoms in total. The van der Waals surface area contributed by atoms with Crippen LogP contribution in [0.5, 0.6) is 0 Å². The summed E-state index contributed by atoms with van der Waals surface area (Å²) in [6, 6.07) is 5.72. The van der Waals surface area contributed by atoms with Crippen molar-refractivity contribution in [3.63, 3.8) is 0 Å². The fourth-order valence-corrected chi connectivity index (χ4v) is 2.41. The summed E-state index contributed by atoms with van der Waals surface area (Å²) in [4.78, 5) is 2.29. The highest BCUT2D eigenvalue weighted by Crippen LogP contribution is 2.21. The van der Waals surface area contributed by atoms with Crippen LogP contribution >= 0.6 is 12.4 Å². The Morgan fingerprint density at radius 3 is 2.94 bits per heavy atom. The predicted octanol–water partition coefficient (Wildman–Crippen LogP) is 2.48. The molecule has 1 unspecified atom stereocenters. The first-order valence-electron chi connectivity index (χ1n) is 5.90. The average Bonchev–Trinajstić information content (AvgIpc) is 2.71. The zero-order valence-corrected chi connectivity index (χ0v) is 11.0. The summed E-state index contributed by atoms with van der Waals surface area (Å²) < 4.78 is 13.6. The average molecular weight is 259 g/mol. The lowest BCUT2D eigenvalue weighted by Gasteiger charge is -2.23. The predicted molar refractivity (Wildman–Crippen MR) is 70.9 cm³/mol. The highest BCUT2D eigenvalue weighted by atomic mass is 35.5. The highest BCUT2D eigenvalue weighted by Gasteiger charge is 2.23. The molecule has 0 aliphatic carbocycles. The van der Waals surface area contributed by atoms with Crippen LogP contribution in [0.1, 0.15) is 24.0 Å². The Balaban J connectivity index is 0.00000144. The number of nitrogens with two attached hydrogens (primary N) is 1. The molecule has 0 saturated carbocycles. The van der Waals surface area contributed by atoms with Crippen molar-refractivity contribution in [1.82, 2.24) is 4.90 Å². The fourth-order valence-electron chi connectivity index (χ4n) is 2.41. The molecule has 17 heavy (non-hydrogen) atoms. The molecule has 0 spiro atoms. The van der Waals surface area contributed by atoms with E-state index in [2.05, 4.69) is 4.90 Å². The van der Waals surface area contributed by atoms with Crippen LogP contribution in [-0.2, 0) is 6.54 Å². The first-order valence-corrected chi connectivity index (χ1v) is 5.90. The Labute approximate surface area is 108 Å². The zero-order valence-electron chi connectivity index (χ0n) is 10.2. The molecule has 0 aromatic heterocycles. The molecule has 1 aromatic carbocycles. The van der Waals surface area contributed by atoms with Gasteiger partial charge in [0, 0.05) is 24.7 Å². The fraction of sp³-hybridized carbons (Fsp3) is 0.538. The van der Waals surface area contributed by atoms with E-state index in [1.807, 2.05) is 19.1 Å². The van der Waals surface area contributed by atoms with Crippen molar-refractivity contribution >= 4 is 12.4 Å². The Bertz CT molecular complexity index is 370. The van der Waals surface area contributed by atoms with Crippen LogP contribution in [0, 0.1) is 12.7 Å². The molecule has 1 atom stereocenters. The standard InChI is InChI=1S/C13H19FN2.ClH/c1-10-4-5-13(14)11(7-10)9-16-6-2-3-12(16)8-15;/h4-5,7,12H,2-3,6,8-9,15H2,1H3;1H. The molecule has 0 amide bonds. The van der Waals surface area contributed by atoms with Crippen LogP contribution < -0.4 is 5.73 Å². The molecular weight excluding hydrogens is 239 g/mol. The lowest BCUT2D eigenvalue weighted by atomic mass is 10.1. The molecule has 1 heterocycles. The minimum absolute atomic E-state index is 0. The lowest BCUT2D eigenvalue weighted by molar-refractivity contribution is 0.247. The maximum atomic E-state index is 13.6. The van der Waals surface area contributed by atoms with Crippen molar-refractivity contribution in [3.8, 4) is 0 Å². The van der Waals surface area contributed by atoms with Crippen LogP contribution in [-0.4, -0.2) is 24.0 Å². The molecule has 0 radical (unpaired) electrons. The molecule has 2 N–H and O–H groups in total. The first kappa shape index (κ1) is 14.4. The topological polar surface area (TPSA) is 29.3 Å². The Morgan fingerprint density at radius 1 is 1.47 bits per heavy atom. The van der Waals surface area contributed by atoms with Crippen LogP contribution in [0.3, 0.4) is 0 Å². The van der Waals surface area contributed by atoms with Crippen LogP contribution in [0.2, 0.25) is 0 Å². The van der Waals surface area contributed by atoms with E-state index in [1.165, 1.54) is 6.42 Å². The number of likely N-dealkylation sites (tertiary alicyclic amines) is 1. The van der Waals surface area contributed by atoms with E-state index in [0.717, 1.165) is 24.1 Å². The molecule has 1 saturated heterocycles. The van der Waals surface area contributed by atoms with Crippen molar-refractivity contribution < 1.29 is 4.39 Å². The largest absolute Gasteiger partial charge is 0.329 e. The third-order valence-corrected chi connectivity index (χ3v) is 3.35. The van der Waals surface area contributed by atoms with Gasteiger partial charge in [-0.15, -0.1) is 12.4 Å². The smallest absolute Gasteiger partial charge is 0.127 e. The van der Waals surface area contributed by atoms with Gasteiger partial charge in [0.2, 0.25) is 0 Å². The molecule has 4 heteroatoms. The number of nitrogens with zero attached hydrogens (tertiary/aromatic N) is 1. The summed E-state index contributed by atoms with van der Waals surface area (Å²) in [5.74, 6) is -0.103. The third-order valence-electron chi connectivity index (χ3n) is 3.35. The van der Waals surface area contributed by atoms with Crippen molar-refractivity contribution in [2.45, 2.75) is 32.4 Å². The number of aryl methyl sites for hydroxylation is 1. The van der Waals surface area contributed by atoms with E-state index in [0.29, 0.717) is 19.1 Å². The Hall–Kier alpha value is -0.640. The summed E-state index contributed by atoms with van der Waals surface area (Å²) in [5, 5.41) is 0. The number of rotatable bonds is 3. The van der Waals surface area contributed by atoms with Gasteiger partial charge in [-0.1, -0.05) is 17.7 Å². The maximum absolute atomic E-state index is 13.6. The zero-order chi connectivity index (χ0) is 11.5. The van der Waals surface area contributed by atoms with Crippen molar-refractivity contribution in [2.75, 3.05) is 13.1 Å². The second-order valence-corrected chi connectivity index (χ2v) is 4.60. The van der Waals surface area contributed by atoms with Gasteiger partial charge < -0.3 is 5.73 Å². The van der Waals surface area contributed by atoms with E-state index in [9.17, 15) is 4.39 Å². The molecule has 2 rings (SSSR count). The quantitative estimate of drug-likeness (QED) is 0.903. The Morgan fingerprint density at radius 2 is 2.24 bits per heavy atom. The highest BCUT2D eigenvalue weighted by molar-refractivity contribution is 5.85. The second-order valence-electron chi connectivity index (χ2n) is 4.60.